The summed E-state index contributed by atoms with van der Waals surface area (Å²) < 4.78 is 5.21. The summed E-state index contributed by atoms with van der Waals surface area (Å²) in [7, 11) is 0. The average Bonchev–Trinajstić information content (AvgIpc) is 2.64. The Hall–Kier alpha value is -0.900. The lowest BCUT2D eigenvalue weighted by molar-refractivity contribution is 0.0268. The van der Waals surface area contributed by atoms with Crippen LogP contribution in [0.3, 0.4) is 0 Å². The number of hydrogen-bond acceptors (Lipinski definition) is 3. The molecule has 0 saturated carbocycles. The lowest BCUT2D eigenvalue weighted by Crippen LogP contribution is -2.40. The van der Waals surface area contributed by atoms with Crippen molar-refractivity contribution < 1.29 is 9.84 Å². The van der Waals surface area contributed by atoms with Gasteiger partial charge < -0.3 is 15.2 Å². The van der Waals surface area contributed by atoms with E-state index in [9.17, 15) is 5.11 Å². The molecule has 1 heterocycles. The quantitative estimate of drug-likeness (QED) is 0.832. The van der Waals surface area contributed by atoms with Crippen LogP contribution in [-0.4, -0.2) is 30.5 Å². The zero-order valence-corrected chi connectivity index (χ0v) is 10.6. The van der Waals surface area contributed by atoms with Crippen molar-refractivity contribution in [2.75, 3.05) is 19.8 Å². The fourth-order valence-corrected chi connectivity index (χ4v) is 2.35. The molecule has 1 aromatic carbocycles. The normalized spacial score (nSPS) is 24.2. The zero-order chi connectivity index (χ0) is 12.3. The molecule has 3 nitrogen and oxygen atoms in total. The largest absolute Gasteiger partial charge is 0.386 e. The number of aryl methyl sites for hydroxylation is 2. The number of benzene rings is 1. The smallest absolute Gasteiger partial charge is 0.102 e. The predicted octanol–water partition coefficient (Wildman–Crippen LogP) is 1.54. The number of nitrogens with one attached hydrogen (secondary N) is 1. The van der Waals surface area contributed by atoms with Gasteiger partial charge in [-0.1, -0.05) is 29.3 Å². The van der Waals surface area contributed by atoms with E-state index < -0.39 is 5.60 Å². The summed E-state index contributed by atoms with van der Waals surface area (Å²) in [5.41, 5.74) is 3.17. The standard InChI is InChI=1S/C14H21NO2/c1-11-5-12(2)7-13(6-11)8-15-9-14(16)3-4-17-10-14/h5-7,15-16H,3-4,8-10H2,1-2H3. The van der Waals surface area contributed by atoms with Crippen LogP contribution in [0.1, 0.15) is 23.1 Å². The first-order chi connectivity index (χ1) is 8.07. The fraction of sp³-hybridized carbons (Fsp3) is 0.571. The second-order valence-electron chi connectivity index (χ2n) is 5.13. The third-order valence-electron chi connectivity index (χ3n) is 3.15. The van der Waals surface area contributed by atoms with Crippen LogP contribution >= 0.6 is 0 Å². The Kier molecular flexibility index (Phi) is 3.82. The molecule has 1 aliphatic heterocycles. The highest BCUT2D eigenvalue weighted by atomic mass is 16.5. The summed E-state index contributed by atoms with van der Waals surface area (Å²) in [6, 6.07) is 6.52. The van der Waals surface area contributed by atoms with Crippen LogP contribution in [0.4, 0.5) is 0 Å². The van der Waals surface area contributed by atoms with Crippen molar-refractivity contribution in [3.05, 3.63) is 34.9 Å². The van der Waals surface area contributed by atoms with Crippen LogP contribution in [0, 0.1) is 13.8 Å². The van der Waals surface area contributed by atoms with Gasteiger partial charge in [0.15, 0.2) is 0 Å². The van der Waals surface area contributed by atoms with Crippen molar-refractivity contribution in [1.29, 1.82) is 0 Å². The van der Waals surface area contributed by atoms with E-state index in [0.717, 1.165) is 13.0 Å². The summed E-state index contributed by atoms with van der Waals surface area (Å²) in [6.45, 7) is 6.73. The number of ether oxygens (including phenoxy) is 1. The molecule has 1 unspecified atom stereocenters. The van der Waals surface area contributed by atoms with E-state index in [1.165, 1.54) is 16.7 Å². The molecule has 94 valence electrons. The number of hydrogen-bond donors (Lipinski definition) is 2. The van der Waals surface area contributed by atoms with E-state index >= 15 is 0 Å². The van der Waals surface area contributed by atoms with Crippen molar-refractivity contribution in [3.63, 3.8) is 0 Å². The Morgan fingerprint density at radius 3 is 2.59 bits per heavy atom. The van der Waals surface area contributed by atoms with Gasteiger partial charge in [0, 0.05) is 26.1 Å². The minimum absolute atomic E-state index is 0.451. The summed E-state index contributed by atoms with van der Waals surface area (Å²) in [6.07, 6.45) is 0.729. The molecular formula is C14H21NO2. The van der Waals surface area contributed by atoms with Gasteiger partial charge in [0.2, 0.25) is 0 Å². The Morgan fingerprint density at radius 2 is 2.00 bits per heavy atom. The van der Waals surface area contributed by atoms with Crippen molar-refractivity contribution in [1.82, 2.24) is 5.32 Å². The van der Waals surface area contributed by atoms with Crippen molar-refractivity contribution >= 4 is 0 Å². The molecule has 1 aliphatic rings. The fourth-order valence-electron chi connectivity index (χ4n) is 2.35. The summed E-state index contributed by atoms with van der Waals surface area (Å²) >= 11 is 0. The summed E-state index contributed by atoms with van der Waals surface area (Å²) in [4.78, 5) is 0. The van der Waals surface area contributed by atoms with Gasteiger partial charge in [-0.25, -0.2) is 0 Å². The van der Waals surface area contributed by atoms with E-state index in [2.05, 4.69) is 37.4 Å². The Morgan fingerprint density at radius 1 is 1.29 bits per heavy atom. The molecule has 0 amide bonds. The SMILES string of the molecule is Cc1cc(C)cc(CNCC2(O)CCOC2)c1. The third-order valence-corrected chi connectivity index (χ3v) is 3.15. The van der Waals surface area contributed by atoms with Gasteiger partial charge in [-0.2, -0.15) is 0 Å². The molecule has 1 atom stereocenters. The maximum atomic E-state index is 10.1. The van der Waals surface area contributed by atoms with E-state index in [1.54, 1.807) is 0 Å². The topological polar surface area (TPSA) is 41.5 Å². The molecular weight excluding hydrogens is 214 g/mol. The van der Waals surface area contributed by atoms with Crippen LogP contribution in [0.15, 0.2) is 18.2 Å². The first-order valence-corrected chi connectivity index (χ1v) is 6.15. The molecule has 0 radical (unpaired) electrons. The average molecular weight is 235 g/mol. The van der Waals surface area contributed by atoms with Crippen LogP contribution in [0.5, 0.6) is 0 Å². The molecule has 17 heavy (non-hydrogen) atoms. The van der Waals surface area contributed by atoms with Crippen LogP contribution < -0.4 is 5.32 Å². The first-order valence-electron chi connectivity index (χ1n) is 6.15. The predicted molar refractivity (Wildman–Crippen MR) is 68.0 cm³/mol. The molecule has 1 aromatic rings. The summed E-state index contributed by atoms with van der Waals surface area (Å²) in [5.74, 6) is 0. The molecule has 3 heteroatoms. The van der Waals surface area contributed by atoms with Crippen LogP contribution in [0.2, 0.25) is 0 Å². The van der Waals surface area contributed by atoms with E-state index in [0.29, 0.717) is 19.8 Å². The maximum absolute atomic E-state index is 10.1. The second kappa shape index (κ2) is 5.17. The highest BCUT2D eigenvalue weighted by molar-refractivity contribution is 5.28. The molecule has 1 saturated heterocycles. The lowest BCUT2D eigenvalue weighted by atomic mass is 10.0. The number of aliphatic hydroxyl groups is 1. The first kappa shape index (κ1) is 12.6. The molecule has 1 fully saturated rings. The van der Waals surface area contributed by atoms with Crippen molar-refractivity contribution in [3.8, 4) is 0 Å². The number of rotatable bonds is 4. The monoisotopic (exact) mass is 235 g/mol. The lowest BCUT2D eigenvalue weighted by Gasteiger charge is -2.20. The van der Waals surface area contributed by atoms with Crippen molar-refractivity contribution in [2.24, 2.45) is 0 Å². The molecule has 0 bridgehead atoms. The Balaban J connectivity index is 1.85. The van der Waals surface area contributed by atoms with E-state index in [-0.39, 0.29) is 0 Å². The van der Waals surface area contributed by atoms with Gasteiger partial charge in [-0.05, 0) is 19.4 Å². The maximum Gasteiger partial charge on any atom is 0.102 e. The highest BCUT2D eigenvalue weighted by Crippen LogP contribution is 2.17. The van der Waals surface area contributed by atoms with Gasteiger partial charge in [-0.15, -0.1) is 0 Å². The van der Waals surface area contributed by atoms with Crippen molar-refractivity contribution in [2.45, 2.75) is 32.4 Å². The van der Waals surface area contributed by atoms with Gasteiger partial charge in [0.25, 0.3) is 0 Å². The molecule has 2 rings (SSSR count). The third kappa shape index (κ3) is 3.53. The molecule has 2 N–H and O–H groups in total. The Labute approximate surface area is 103 Å². The highest BCUT2D eigenvalue weighted by Gasteiger charge is 2.31. The minimum Gasteiger partial charge on any atom is -0.386 e. The summed E-state index contributed by atoms with van der Waals surface area (Å²) in [5, 5.41) is 13.4. The molecule has 0 aliphatic carbocycles. The van der Waals surface area contributed by atoms with E-state index in [4.69, 9.17) is 4.74 Å². The minimum atomic E-state index is -0.668. The molecule has 0 spiro atoms. The second-order valence-corrected chi connectivity index (χ2v) is 5.13. The van der Waals surface area contributed by atoms with E-state index in [1.807, 2.05) is 0 Å². The van der Waals surface area contributed by atoms with Gasteiger partial charge in [0.05, 0.1) is 6.61 Å². The van der Waals surface area contributed by atoms with Gasteiger partial charge >= 0.3 is 0 Å². The van der Waals surface area contributed by atoms with Gasteiger partial charge in [-0.3, -0.25) is 0 Å². The zero-order valence-electron chi connectivity index (χ0n) is 10.6. The molecule has 0 aromatic heterocycles. The van der Waals surface area contributed by atoms with Crippen LogP contribution in [0.25, 0.3) is 0 Å². The van der Waals surface area contributed by atoms with Gasteiger partial charge in [0.1, 0.15) is 5.60 Å². The van der Waals surface area contributed by atoms with Crippen LogP contribution in [-0.2, 0) is 11.3 Å². The Bertz CT molecular complexity index is 364.